The van der Waals surface area contributed by atoms with Crippen molar-refractivity contribution < 1.29 is 19.1 Å². The minimum absolute atomic E-state index is 0.125. The van der Waals surface area contributed by atoms with Gasteiger partial charge in [-0.05, 0) is 35.9 Å². The van der Waals surface area contributed by atoms with Gasteiger partial charge in [-0.3, -0.25) is 9.59 Å². The molecular weight excluding hydrogens is 368 g/mol. The number of nitrogens with one attached hydrogen (secondary N) is 1. The van der Waals surface area contributed by atoms with E-state index in [0.717, 1.165) is 11.3 Å². The number of amides is 2. The largest absolute Gasteiger partial charge is 0.497 e. The van der Waals surface area contributed by atoms with E-state index in [-0.39, 0.29) is 18.2 Å². The van der Waals surface area contributed by atoms with Crippen molar-refractivity contribution in [3.05, 3.63) is 53.1 Å². The molecule has 142 valence electrons. The second-order valence-electron chi connectivity index (χ2n) is 6.29. The first-order valence-electron chi connectivity index (χ1n) is 8.56. The zero-order valence-electron chi connectivity index (χ0n) is 15.2. The average molecular weight is 389 g/mol. The summed E-state index contributed by atoms with van der Waals surface area (Å²) < 4.78 is 10.4. The predicted octanol–water partition coefficient (Wildman–Crippen LogP) is 3.03. The van der Waals surface area contributed by atoms with E-state index in [0.29, 0.717) is 29.5 Å². The van der Waals surface area contributed by atoms with Crippen LogP contribution in [-0.4, -0.2) is 32.6 Å². The Morgan fingerprint density at radius 1 is 1.19 bits per heavy atom. The Labute approximate surface area is 163 Å². The third-order valence-corrected chi connectivity index (χ3v) is 4.79. The molecule has 0 bridgehead atoms. The lowest BCUT2D eigenvalue weighted by Gasteiger charge is -2.20. The first kappa shape index (κ1) is 19.0. The van der Waals surface area contributed by atoms with Crippen LogP contribution in [0, 0.1) is 5.92 Å². The van der Waals surface area contributed by atoms with Gasteiger partial charge in [0.15, 0.2) is 0 Å². The predicted molar refractivity (Wildman–Crippen MR) is 103 cm³/mol. The lowest BCUT2D eigenvalue weighted by atomic mass is 10.1. The molecule has 1 aliphatic rings. The number of carbonyl (C=O) groups is 2. The lowest BCUT2D eigenvalue weighted by molar-refractivity contribution is -0.126. The van der Waals surface area contributed by atoms with Gasteiger partial charge in [-0.2, -0.15) is 0 Å². The van der Waals surface area contributed by atoms with Crippen LogP contribution in [-0.2, 0) is 16.1 Å². The molecule has 0 aliphatic carbocycles. The number of ether oxygens (including phenoxy) is 2. The molecule has 27 heavy (non-hydrogen) atoms. The number of hydrogen-bond acceptors (Lipinski definition) is 4. The Hall–Kier alpha value is -2.73. The van der Waals surface area contributed by atoms with Crippen LogP contribution in [0.15, 0.2) is 42.5 Å². The molecule has 2 aromatic rings. The van der Waals surface area contributed by atoms with Crippen molar-refractivity contribution in [3.63, 3.8) is 0 Å². The van der Waals surface area contributed by atoms with Crippen LogP contribution in [0.4, 0.5) is 5.69 Å². The molecule has 0 spiro atoms. The molecule has 3 rings (SSSR count). The van der Waals surface area contributed by atoms with E-state index in [1.165, 1.54) is 7.11 Å². The molecule has 0 radical (unpaired) electrons. The zero-order chi connectivity index (χ0) is 19.4. The number of hydrogen-bond donors (Lipinski definition) is 1. The summed E-state index contributed by atoms with van der Waals surface area (Å²) in [5, 5.41) is 3.40. The fraction of sp³-hybridized carbons (Fsp3) is 0.300. The molecule has 1 unspecified atom stereocenters. The molecule has 1 fully saturated rings. The highest BCUT2D eigenvalue weighted by atomic mass is 35.5. The molecule has 0 saturated carbocycles. The third-order valence-electron chi connectivity index (χ3n) is 4.55. The zero-order valence-corrected chi connectivity index (χ0v) is 16.0. The summed E-state index contributed by atoms with van der Waals surface area (Å²) in [7, 11) is 3.14. The summed E-state index contributed by atoms with van der Waals surface area (Å²) in [6.07, 6.45) is 0.157. The molecule has 0 aromatic heterocycles. The van der Waals surface area contributed by atoms with Crippen LogP contribution in [0.3, 0.4) is 0 Å². The van der Waals surface area contributed by atoms with Crippen molar-refractivity contribution >= 4 is 29.1 Å². The molecule has 2 aromatic carbocycles. The molecule has 1 saturated heterocycles. The minimum atomic E-state index is -0.417. The molecule has 1 heterocycles. The van der Waals surface area contributed by atoms with Crippen LogP contribution in [0.25, 0.3) is 0 Å². The van der Waals surface area contributed by atoms with E-state index in [2.05, 4.69) is 5.32 Å². The van der Waals surface area contributed by atoms with Crippen LogP contribution in [0.5, 0.6) is 11.5 Å². The van der Waals surface area contributed by atoms with E-state index in [9.17, 15) is 9.59 Å². The maximum absolute atomic E-state index is 12.5. The Bertz CT molecular complexity index is 838. The Morgan fingerprint density at radius 2 is 1.93 bits per heavy atom. The van der Waals surface area contributed by atoms with Crippen molar-refractivity contribution in [2.24, 2.45) is 5.92 Å². The number of rotatable bonds is 6. The maximum Gasteiger partial charge on any atom is 0.227 e. The lowest BCUT2D eigenvalue weighted by Crippen LogP contribution is -2.32. The smallest absolute Gasteiger partial charge is 0.227 e. The average Bonchev–Trinajstić information content (AvgIpc) is 3.08. The highest BCUT2D eigenvalue weighted by Crippen LogP contribution is 2.35. The number of methoxy groups -OCH3 is 2. The number of anilines is 1. The topological polar surface area (TPSA) is 67.9 Å². The van der Waals surface area contributed by atoms with Crippen molar-refractivity contribution in [1.29, 1.82) is 0 Å². The molecule has 1 N–H and O–H groups in total. The van der Waals surface area contributed by atoms with Crippen LogP contribution < -0.4 is 19.7 Å². The number of halogens is 1. The van der Waals surface area contributed by atoms with Crippen LogP contribution in [0.2, 0.25) is 5.02 Å². The van der Waals surface area contributed by atoms with E-state index < -0.39 is 5.92 Å². The second kappa shape index (κ2) is 8.31. The molecule has 1 aliphatic heterocycles. The molecular formula is C20H21ClN2O4. The number of nitrogens with zero attached hydrogens (tertiary/aromatic N) is 1. The number of carbonyl (C=O) groups excluding carboxylic acids is 2. The summed E-state index contributed by atoms with van der Waals surface area (Å²) >= 11 is 6.06. The molecule has 7 heteroatoms. The van der Waals surface area contributed by atoms with Crippen molar-refractivity contribution in [2.45, 2.75) is 13.0 Å². The maximum atomic E-state index is 12.5. The van der Waals surface area contributed by atoms with Gasteiger partial charge in [0.1, 0.15) is 11.5 Å². The highest BCUT2D eigenvalue weighted by Gasteiger charge is 2.36. The summed E-state index contributed by atoms with van der Waals surface area (Å²) in [6, 6.07) is 12.5. The van der Waals surface area contributed by atoms with E-state index in [4.69, 9.17) is 21.1 Å². The first-order valence-corrected chi connectivity index (χ1v) is 8.94. The van der Waals surface area contributed by atoms with Gasteiger partial charge in [-0.15, -0.1) is 0 Å². The highest BCUT2D eigenvalue weighted by molar-refractivity contribution is 6.31. The van der Waals surface area contributed by atoms with Gasteiger partial charge in [0.05, 0.1) is 25.8 Å². The van der Waals surface area contributed by atoms with E-state index in [1.54, 1.807) is 30.2 Å². The van der Waals surface area contributed by atoms with Gasteiger partial charge in [-0.25, -0.2) is 0 Å². The molecule has 1 atom stereocenters. The fourth-order valence-corrected chi connectivity index (χ4v) is 3.23. The second-order valence-corrected chi connectivity index (χ2v) is 6.72. The monoisotopic (exact) mass is 388 g/mol. The molecule has 6 nitrogen and oxygen atoms in total. The standard InChI is InChI=1S/C20H21ClN2O4/c1-26-16-6-3-13(4-7-16)11-22-20(25)14-9-19(24)23(12-14)17-10-15(21)5-8-18(17)27-2/h3-8,10,14H,9,11-12H2,1-2H3,(H,22,25). The van der Waals surface area contributed by atoms with Crippen molar-refractivity contribution in [2.75, 3.05) is 25.7 Å². The van der Waals surface area contributed by atoms with E-state index >= 15 is 0 Å². The summed E-state index contributed by atoms with van der Waals surface area (Å²) in [5.41, 5.74) is 1.54. The normalized spacial score (nSPS) is 16.3. The number of benzene rings is 2. The minimum Gasteiger partial charge on any atom is -0.497 e. The van der Waals surface area contributed by atoms with E-state index in [1.807, 2.05) is 24.3 Å². The van der Waals surface area contributed by atoms with Gasteiger partial charge >= 0.3 is 0 Å². The summed E-state index contributed by atoms with van der Waals surface area (Å²) in [6.45, 7) is 0.692. The third kappa shape index (κ3) is 4.34. The van der Waals surface area contributed by atoms with Gasteiger partial charge < -0.3 is 19.7 Å². The van der Waals surface area contributed by atoms with Gasteiger partial charge in [0, 0.05) is 24.5 Å². The SMILES string of the molecule is COc1ccc(CNC(=O)C2CC(=O)N(c3cc(Cl)ccc3OC)C2)cc1. The Morgan fingerprint density at radius 3 is 2.59 bits per heavy atom. The Balaban J connectivity index is 1.64. The Kier molecular flexibility index (Phi) is 5.86. The van der Waals surface area contributed by atoms with Crippen LogP contribution in [0.1, 0.15) is 12.0 Å². The summed E-state index contributed by atoms with van der Waals surface area (Å²) in [5.74, 6) is 0.617. The summed E-state index contributed by atoms with van der Waals surface area (Å²) in [4.78, 5) is 26.5. The van der Waals surface area contributed by atoms with Crippen LogP contribution >= 0.6 is 11.6 Å². The van der Waals surface area contributed by atoms with Crippen molar-refractivity contribution in [3.8, 4) is 11.5 Å². The fourth-order valence-electron chi connectivity index (χ4n) is 3.07. The van der Waals surface area contributed by atoms with Gasteiger partial charge in [-0.1, -0.05) is 23.7 Å². The van der Waals surface area contributed by atoms with Crippen molar-refractivity contribution in [1.82, 2.24) is 5.32 Å². The quantitative estimate of drug-likeness (QED) is 0.826. The molecule has 2 amide bonds. The van der Waals surface area contributed by atoms with Gasteiger partial charge in [0.25, 0.3) is 0 Å². The van der Waals surface area contributed by atoms with Gasteiger partial charge in [0.2, 0.25) is 11.8 Å². The first-order chi connectivity index (χ1) is 13.0.